The number of benzene rings is 1. The molecule has 0 bridgehead atoms. The summed E-state index contributed by atoms with van der Waals surface area (Å²) in [7, 11) is 0. The van der Waals surface area contributed by atoms with Crippen molar-refractivity contribution in [2.75, 3.05) is 23.3 Å². The maximum Gasteiger partial charge on any atom is 0.290 e. The third-order valence-corrected chi connectivity index (χ3v) is 5.22. The molecule has 1 aliphatic rings. The lowest BCUT2D eigenvalue weighted by atomic mass is 9.99. The van der Waals surface area contributed by atoms with Gasteiger partial charge in [0.2, 0.25) is 0 Å². The van der Waals surface area contributed by atoms with Crippen molar-refractivity contribution in [3.05, 3.63) is 48.2 Å². The molecule has 1 aromatic carbocycles. The van der Waals surface area contributed by atoms with Gasteiger partial charge in [-0.15, -0.1) is 0 Å². The van der Waals surface area contributed by atoms with Crippen LogP contribution in [0.25, 0.3) is 0 Å². The molecular weight excluding hydrogens is 356 g/mol. The molecule has 1 amide bonds. The summed E-state index contributed by atoms with van der Waals surface area (Å²) in [5.74, 6) is -2.30. The van der Waals surface area contributed by atoms with Crippen molar-refractivity contribution in [3.63, 3.8) is 0 Å². The van der Waals surface area contributed by atoms with Gasteiger partial charge in [-0.2, -0.15) is 8.78 Å². The highest BCUT2D eigenvalue weighted by atomic mass is 32.2. The van der Waals surface area contributed by atoms with Gasteiger partial charge in [0.25, 0.3) is 11.7 Å². The number of hydrogen-bond donors (Lipinski definition) is 1. The number of halogens is 2. The molecule has 3 rings (SSSR count). The summed E-state index contributed by atoms with van der Waals surface area (Å²) >= 11 is 0.273. The number of carbonyl (C=O) groups is 1. The van der Waals surface area contributed by atoms with Crippen LogP contribution in [0.1, 0.15) is 30.1 Å². The molecule has 26 heavy (non-hydrogen) atoms. The van der Waals surface area contributed by atoms with Gasteiger partial charge < -0.3 is 10.2 Å². The number of nitrogens with one attached hydrogen (secondary N) is 1. The average Bonchev–Trinajstić information content (AvgIpc) is 2.63. The Morgan fingerprint density at radius 1 is 1.23 bits per heavy atom. The van der Waals surface area contributed by atoms with Gasteiger partial charge in [0, 0.05) is 30.7 Å². The fraction of sp³-hybridized carbons (Fsp3) is 0.368. The van der Waals surface area contributed by atoms with Crippen molar-refractivity contribution in [2.45, 2.75) is 30.5 Å². The van der Waals surface area contributed by atoms with Crippen molar-refractivity contribution in [3.8, 4) is 0 Å². The SMILES string of the molecule is CC1CCN(c2ccc(NC(=O)c3cccnc3SC(F)F)cc2)CC1. The summed E-state index contributed by atoms with van der Waals surface area (Å²) in [4.78, 5) is 18.6. The summed E-state index contributed by atoms with van der Waals surface area (Å²) in [5, 5.41) is 2.78. The Morgan fingerprint density at radius 3 is 2.58 bits per heavy atom. The molecule has 4 nitrogen and oxygen atoms in total. The van der Waals surface area contributed by atoms with Crippen molar-refractivity contribution in [2.24, 2.45) is 5.92 Å². The quantitative estimate of drug-likeness (QED) is 0.754. The number of hydrogen-bond acceptors (Lipinski definition) is 4. The molecule has 1 saturated heterocycles. The number of pyridine rings is 1. The van der Waals surface area contributed by atoms with E-state index < -0.39 is 11.7 Å². The van der Waals surface area contributed by atoms with E-state index in [0.29, 0.717) is 5.69 Å². The second-order valence-corrected chi connectivity index (χ2v) is 7.38. The van der Waals surface area contributed by atoms with Crippen LogP contribution in [0.4, 0.5) is 20.2 Å². The molecule has 2 aromatic rings. The molecule has 0 unspecified atom stereocenters. The molecule has 0 spiro atoms. The zero-order valence-electron chi connectivity index (χ0n) is 14.5. The normalized spacial score (nSPS) is 15.3. The topological polar surface area (TPSA) is 45.2 Å². The first-order valence-corrected chi connectivity index (χ1v) is 9.47. The van der Waals surface area contributed by atoms with Crippen molar-refractivity contribution in [1.29, 1.82) is 0 Å². The summed E-state index contributed by atoms with van der Waals surface area (Å²) in [6.07, 6.45) is 3.77. The predicted molar refractivity (Wildman–Crippen MR) is 101 cm³/mol. The van der Waals surface area contributed by atoms with Gasteiger partial charge in [0.15, 0.2) is 0 Å². The van der Waals surface area contributed by atoms with E-state index in [2.05, 4.69) is 22.1 Å². The Bertz CT molecular complexity index is 747. The van der Waals surface area contributed by atoms with Crippen LogP contribution in [-0.4, -0.2) is 29.7 Å². The number of amides is 1. The predicted octanol–water partition coefficient (Wildman–Crippen LogP) is 4.88. The Labute approximate surface area is 156 Å². The molecule has 1 fully saturated rings. The van der Waals surface area contributed by atoms with Crippen LogP contribution in [0.5, 0.6) is 0 Å². The number of carbonyl (C=O) groups excluding carboxylic acids is 1. The molecular formula is C19H21F2N3OS. The summed E-state index contributed by atoms with van der Waals surface area (Å²) in [6, 6.07) is 10.7. The monoisotopic (exact) mass is 377 g/mol. The van der Waals surface area contributed by atoms with Gasteiger partial charge in [-0.1, -0.05) is 6.92 Å². The average molecular weight is 377 g/mol. The van der Waals surface area contributed by atoms with E-state index in [0.717, 1.165) is 24.7 Å². The number of aromatic nitrogens is 1. The van der Waals surface area contributed by atoms with E-state index in [1.165, 1.54) is 25.1 Å². The largest absolute Gasteiger partial charge is 0.372 e. The van der Waals surface area contributed by atoms with Crippen LogP contribution < -0.4 is 10.2 Å². The maximum atomic E-state index is 12.6. The zero-order valence-corrected chi connectivity index (χ0v) is 15.3. The number of nitrogens with zero attached hydrogens (tertiary/aromatic N) is 2. The highest BCUT2D eigenvalue weighted by molar-refractivity contribution is 7.99. The number of alkyl halides is 2. The minimum absolute atomic E-state index is 0.0269. The highest BCUT2D eigenvalue weighted by Gasteiger charge is 2.18. The van der Waals surface area contributed by atoms with Crippen LogP contribution >= 0.6 is 11.8 Å². The van der Waals surface area contributed by atoms with Crippen molar-refractivity contribution < 1.29 is 13.6 Å². The van der Waals surface area contributed by atoms with Crippen LogP contribution in [-0.2, 0) is 0 Å². The first-order valence-electron chi connectivity index (χ1n) is 8.59. The molecule has 2 heterocycles. The summed E-state index contributed by atoms with van der Waals surface area (Å²) < 4.78 is 25.2. The van der Waals surface area contributed by atoms with Gasteiger partial charge in [-0.25, -0.2) is 4.98 Å². The van der Waals surface area contributed by atoms with Crippen molar-refractivity contribution >= 4 is 29.0 Å². The maximum absolute atomic E-state index is 12.6. The summed E-state index contributed by atoms with van der Waals surface area (Å²) in [6.45, 7) is 4.35. The second kappa shape index (κ2) is 8.49. The molecule has 1 aromatic heterocycles. The molecule has 0 radical (unpaired) electrons. The second-order valence-electron chi connectivity index (χ2n) is 6.41. The zero-order chi connectivity index (χ0) is 18.5. The van der Waals surface area contributed by atoms with Crippen molar-refractivity contribution in [1.82, 2.24) is 4.98 Å². The first kappa shape index (κ1) is 18.6. The van der Waals surface area contributed by atoms with Crippen LogP contribution in [0.3, 0.4) is 0 Å². The fourth-order valence-corrected chi connectivity index (χ4v) is 3.54. The third-order valence-electron chi connectivity index (χ3n) is 4.49. The Balaban J connectivity index is 1.67. The number of rotatable bonds is 5. The first-order chi connectivity index (χ1) is 12.5. The van der Waals surface area contributed by atoms with Gasteiger partial charge in [0.05, 0.1) is 5.56 Å². The van der Waals surface area contributed by atoms with E-state index in [1.807, 2.05) is 24.3 Å². The molecule has 138 valence electrons. The van der Waals surface area contributed by atoms with Crippen LogP contribution in [0, 0.1) is 5.92 Å². The molecule has 1 aliphatic heterocycles. The van der Waals surface area contributed by atoms with Crippen LogP contribution in [0.2, 0.25) is 0 Å². The van der Waals surface area contributed by atoms with Gasteiger partial charge in [-0.3, -0.25) is 4.79 Å². The van der Waals surface area contributed by atoms with E-state index in [-0.39, 0.29) is 22.4 Å². The Kier molecular flexibility index (Phi) is 6.08. The van der Waals surface area contributed by atoms with Gasteiger partial charge in [-0.05, 0) is 66.9 Å². The molecule has 7 heteroatoms. The fourth-order valence-electron chi connectivity index (χ4n) is 2.96. The third kappa shape index (κ3) is 4.72. The molecule has 0 aliphatic carbocycles. The summed E-state index contributed by atoms with van der Waals surface area (Å²) in [5.41, 5.74) is 1.90. The molecule has 0 saturated carbocycles. The van der Waals surface area contributed by atoms with E-state index in [4.69, 9.17) is 0 Å². The lowest BCUT2D eigenvalue weighted by molar-refractivity contribution is 0.102. The minimum Gasteiger partial charge on any atom is -0.372 e. The van der Waals surface area contributed by atoms with E-state index in [9.17, 15) is 13.6 Å². The smallest absolute Gasteiger partial charge is 0.290 e. The lowest BCUT2D eigenvalue weighted by Crippen LogP contribution is -2.32. The molecule has 0 atom stereocenters. The van der Waals surface area contributed by atoms with Gasteiger partial charge in [0.1, 0.15) is 5.03 Å². The number of piperidine rings is 1. The number of thioether (sulfide) groups is 1. The standard InChI is InChI=1S/C19H21F2N3OS/c1-13-8-11-24(12-9-13)15-6-4-14(5-7-15)23-17(25)16-3-2-10-22-18(16)26-19(20)21/h2-7,10,13,19H,8-9,11-12H2,1H3,(H,23,25). The highest BCUT2D eigenvalue weighted by Crippen LogP contribution is 2.28. The Morgan fingerprint density at radius 2 is 1.92 bits per heavy atom. The minimum atomic E-state index is -2.62. The van der Waals surface area contributed by atoms with E-state index >= 15 is 0 Å². The van der Waals surface area contributed by atoms with Crippen LogP contribution in [0.15, 0.2) is 47.6 Å². The molecule has 1 N–H and O–H groups in total. The lowest BCUT2D eigenvalue weighted by Gasteiger charge is -2.32. The van der Waals surface area contributed by atoms with Gasteiger partial charge >= 0.3 is 0 Å². The Hall–Kier alpha value is -2.15. The number of anilines is 2. The van der Waals surface area contributed by atoms with E-state index in [1.54, 1.807) is 6.07 Å².